The van der Waals surface area contributed by atoms with Crippen LogP contribution in [0, 0.1) is 5.92 Å². The summed E-state index contributed by atoms with van der Waals surface area (Å²) in [7, 11) is 0. The monoisotopic (exact) mass is 552 g/mol. The Labute approximate surface area is 239 Å². The van der Waals surface area contributed by atoms with E-state index in [0.29, 0.717) is 29.3 Å². The molecule has 4 aliphatic rings. The Bertz CT molecular complexity index is 1080. The number of halogens is 1. The zero-order valence-electron chi connectivity index (χ0n) is 23.7. The summed E-state index contributed by atoms with van der Waals surface area (Å²) >= 11 is 6.11. The molecule has 2 aliphatic carbocycles. The second kappa shape index (κ2) is 12.6. The van der Waals surface area contributed by atoms with Crippen LogP contribution in [-0.2, 0) is 16.0 Å². The van der Waals surface area contributed by atoms with Crippen molar-refractivity contribution in [2.24, 2.45) is 5.92 Å². The van der Waals surface area contributed by atoms with Gasteiger partial charge in [-0.2, -0.15) is 0 Å². The molecule has 2 amide bonds. The molecule has 0 bridgehead atoms. The van der Waals surface area contributed by atoms with Gasteiger partial charge in [0.25, 0.3) is 0 Å². The van der Waals surface area contributed by atoms with Gasteiger partial charge in [0.1, 0.15) is 6.04 Å². The highest BCUT2D eigenvalue weighted by atomic mass is 35.5. The number of carbonyl (C=O) groups excluding carboxylic acids is 2. The number of rotatable bonds is 9. The number of amides is 2. The van der Waals surface area contributed by atoms with Crippen molar-refractivity contribution >= 4 is 23.4 Å². The maximum atomic E-state index is 13.9. The van der Waals surface area contributed by atoms with Gasteiger partial charge in [0.2, 0.25) is 11.8 Å². The van der Waals surface area contributed by atoms with Crippen molar-refractivity contribution in [2.45, 2.75) is 89.3 Å². The Balaban J connectivity index is 1.24. The predicted octanol–water partition coefficient (Wildman–Crippen LogP) is 4.88. The van der Waals surface area contributed by atoms with Crippen molar-refractivity contribution < 1.29 is 9.59 Å². The van der Waals surface area contributed by atoms with Gasteiger partial charge < -0.3 is 15.5 Å². The van der Waals surface area contributed by atoms with E-state index in [-0.39, 0.29) is 17.9 Å². The highest BCUT2D eigenvalue weighted by Gasteiger charge is 2.42. The van der Waals surface area contributed by atoms with Crippen LogP contribution in [0.5, 0.6) is 0 Å². The minimum atomic E-state index is -0.585. The van der Waals surface area contributed by atoms with E-state index >= 15 is 0 Å². The Morgan fingerprint density at radius 2 is 1.82 bits per heavy atom. The van der Waals surface area contributed by atoms with Gasteiger partial charge in [0.15, 0.2) is 0 Å². The van der Waals surface area contributed by atoms with Crippen LogP contribution in [0.1, 0.15) is 70.8 Å². The number of piperazine rings is 1. The van der Waals surface area contributed by atoms with E-state index in [2.05, 4.69) is 41.5 Å². The molecule has 0 aromatic heterocycles. The summed E-state index contributed by atoms with van der Waals surface area (Å²) in [4.78, 5) is 31.8. The van der Waals surface area contributed by atoms with E-state index in [0.717, 1.165) is 51.1 Å². The molecule has 1 unspecified atom stereocenters. The number of hydrogen-bond acceptors (Lipinski definition) is 4. The van der Waals surface area contributed by atoms with Crippen LogP contribution in [0.3, 0.4) is 0 Å². The maximum Gasteiger partial charge on any atom is 0.245 e. The molecule has 212 valence electrons. The van der Waals surface area contributed by atoms with Crippen LogP contribution < -0.4 is 10.6 Å². The largest absolute Gasteiger partial charge is 0.344 e. The lowest BCUT2D eigenvalue weighted by molar-refractivity contribution is -0.139. The standard InChI is InChI=1S/C32H45ClN4O2/c1-23(2)21-32(13-5-6-14-32)37-17-15-36(16-18-37)31(39)29(19-24-9-11-26(33)12-10-24)35-30(38)20-28-27-8-4-3-7-25(27)22-34-28/h4,8-12,23,28-29,34H,3,5-7,13-22H2,1-2H3,(H,35,38)/t28?,29-/m1/s1. The molecule has 2 fully saturated rings. The first-order valence-electron chi connectivity index (χ1n) is 15.0. The molecule has 6 nitrogen and oxygen atoms in total. The Kier molecular flexibility index (Phi) is 9.15. The fourth-order valence-corrected chi connectivity index (χ4v) is 7.51. The zero-order valence-corrected chi connectivity index (χ0v) is 24.4. The van der Waals surface area contributed by atoms with Crippen LogP contribution in [-0.4, -0.2) is 72.0 Å². The maximum absolute atomic E-state index is 13.9. The molecule has 2 aliphatic heterocycles. The van der Waals surface area contributed by atoms with Crippen molar-refractivity contribution in [3.63, 3.8) is 0 Å². The van der Waals surface area contributed by atoms with Crippen molar-refractivity contribution in [1.29, 1.82) is 0 Å². The number of allylic oxidation sites excluding steroid dienone is 1. The number of nitrogens with zero attached hydrogens (tertiary/aromatic N) is 2. The van der Waals surface area contributed by atoms with Gasteiger partial charge in [0, 0.05) is 62.2 Å². The summed E-state index contributed by atoms with van der Waals surface area (Å²) < 4.78 is 0. The molecule has 2 atom stereocenters. The number of carbonyl (C=O) groups is 2. The number of benzene rings is 1. The predicted molar refractivity (Wildman–Crippen MR) is 158 cm³/mol. The summed E-state index contributed by atoms with van der Waals surface area (Å²) in [6, 6.07) is 7.03. The van der Waals surface area contributed by atoms with Crippen molar-refractivity contribution in [2.75, 3.05) is 32.7 Å². The first-order chi connectivity index (χ1) is 18.8. The van der Waals surface area contributed by atoms with Crippen molar-refractivity contribution in [3.05, 3.63) is 58.1 Å². The van der Waals surface area contributed by atoms with Crippen LogP contribution in [0.25, 0.3) is 0 Å². The van der Waals surface area contributed by atoms with Gasteiger partial charge >= 0.3 is 0 Å². The number of hydrogen-bond donors (Lipinski definition) is 2. The summed E-state index contributed by atoms with van der Waals surface area (Å²) in [6.07, 6.45) is 13.7. The molecule has 1 aromatic carbocycles. The number of nitrogens with one attached hydrogen (secondary N) is 2. The quantitative estimate of drug-likeness (QED) is 0.458. The van der Waals surface area contributed by atoms with Crippen molar-refractivity contribution in [1.82, 2.24) is 20.4 Å². The molecule has 5 rings (SSSR count). The lowest BCUT2D eigenvalue weighted by Gasteiger charge is -2.47. The summed E-state index contributed by atoms with van der Waals surface area (Å²) in [5.74, 6) is 0.624. The molecular formula is C32H45ClN4O2. The Hall–Kier alpha value is -2.15. The molecule has 7 heteroatoms. The van der Waals surface area contributed by atoms with Gasteiger partial charge in [-0.1, -0.05) is 68.1 Å². The van der Waals surface area contributed by atoms with E-state index in [1.807, 2.05) is 29.2 Å². The molecular weight excluding hydrogens is 508 g/mol. The van der Waals surface area contributed by atoms with Gasteiger partial charge in [-0.3, -0.25) is 14.5 Å². The van der Waals surface area contributed by atoms with E-state index in [9.17, 15) is 9.59 Å². The summed E-state index contributed by atoms with van der Waals surface area (Å²) in [5, 5.41) is 7.30. The van der Waals surface area contributed by atoms with Gasteiger partial charge in [-0.15, -0.1) is 0 Å². The first kappa shape index (κ1) is 28.4. The molecule has 39 heavy (non-hydrogen) atoms. The highest BCUT2D eigenvalue weighted by molar-refractivity contribution is 6.30. The third-order valence-corrected chi connectivity index (χ3v) is 9.47. The SMILES string of the molecule is CC(C)CC1(N2CCN(C(=O)[C@@H](Cc3ccc(Cl)cc3)NC(=O)CC3NCC4=C3C=CCC4)CC2)CCCC1. The van der Waals surface area contributed by atoms with Crippen LogP contribution in [0.15, 0.2) is 47.6 Å². The van der Waals surface area contributed by atoms with Crippen LogP contribution in [0.4, 0.5) is 0 Å². The van der Waals surface area contributed by atoms with E-state index in [4.69, 9.17) is 11.6 Å². The molecule has 0 spiro atoms. The Morgan fingerprint density at radius 1 is 1.10 bits per heavy atom. The van der Waals surface area contributed by atoms with Crippen LogP contribution >= 0.6 is 11.6 Å². The summed E-state index contributed by atoms with van der Waals surface area (Å²) in [5.41, 5.74) is 3.97. The Morgan fingerprint density at radius 3 is 2.51 bits per heavy atom. The fraction of sp³-hybridized carbons (Fsp3) is 0.625. The zero-order chi connectivity index (χ0) is 27.4. The van der Waals surface area contributed by atoms with Crippen molar-refractivity contribution in [3.8, 4) is 0 Å². The van der Waals surface area contributed by atoms with E-state index < -0.39 is 6.04 Å². The van der Waals surface area contributed by atoms with E-state index in [1.54, 1.807) is 0 Å². The topological polar surface area (TPSA) is 64.7 Å². The molecule has 2 N–H and O–H groups in total. The van der Waals surface area contributed by atoms with Gasteiger partial charge in [-0.25, -0.2) is 0 Å². The smallest absolute Gasteiger partial charge is 0.245 e. The second-order valence-electron chi connectivity index (χ2n) is 12.4. The minimum absolute atomic E-state index is 0.0231. The average Bonchev–Trinajstić information content (AvgIpc) is 3.57. The van der Waals surface area contributed by atoms with Crippen LogP contribution in [0.2, 0.25) is 5.02 Å². The minimum Gasteiger partial charge on any atom is -0.344 e. The third kappa shape index (κ3) is 6.78. The third-order valence-electron chi connectivity index (χ3n) is 9.22. The lowest BCUT2D eigenvalue weighted by Crippen LogP contribution is -2.60. The lowest BCUT2D eigenvalue weighted by atomic mass is 9.85. The van der Waals surface area contributed by atoms with Gasteiger partial charge in [-0.05, 0) is 61.3 Å². The van der Waals surface area contributed by atoms with E-state index in [1.165, 1.54) is 43.3 Å². The average molecular weight is 553 g/mol. The molecule has 0 radical (unpaired) electrons. The normalized spacial score (nSPS) is 23.8. The molecule has 2 heterocycles. The molecule has 1 saturated carbocycles. The first-order valence-corrected chi connectivity index (χ1v) is 15.4. The second-order valence-corrected chi connectivity index (χ2v) is 12.9. The highest BCUT2D eigenvalue weighted by Crippen LogP contribution is 2.40. The molecule has 1 saturated heterocycles. The molecule has 1 aromatic rings. The van der Waals surface area contributed by atoms with Gasteiger partial charge in [0.05, 0.1) is 0 Å². The summed E-state index contributed by atoms with van der Waals surface area (Å²) in [6.45, 7) is 8.77. The fourth-order valence-electron chi connectivity index (χ4n) is 7.38.